The van der Waals surface area contributed by atoms with Crippen LogP contribution >= 0.6 is 0 Å². The molecule has 0 aliphatic rings. The van der Waals surface area contributed by atoms with E-state index in [0.29, 0.717) is 0 Å². The van der Waals surface area contributed by atoms with Crippen molar-refractivity contribution >= 4 is 14.0 Å². The molecule has 0 fully saturated rings. The lowest BCUT2D eigenvalue weighted by Gasteiger charge is -2.14. The van der Waals surface area contributed by atoms with Gasteiger partial charge in [0.1, 0.15) is 11.8 Å². The number of carbonyl (C=O) groups is 1. The van der Waals surface area contributed by atoms with Crippen molar-refractivity contribution in [2.24, 2.45) is 0 Å². The summed E-state index contributed by atoms with van der Waals surface area (Å²) in [6, 6.07) is 3.59. The van der Waals surface area contributed by atoms with Crippen molar-refractivity contribution in [1.29, 1.82) is 5.26 Å². The highest BCUT2D eigenvalue weighted by molar-refractivity contribution is 6.76. The van der Waals surface area contributed by atoms with Crippen LogP contribution in [0.4, 0.5) is 0 Å². The highest BCUT2D eigenvalue weighted by Gasteiger charge is 2.17. The van der Waals surface area contributed by atoms with Crippen LogP contribution in [0, 0.1) is 11.3 Å². The van der Waals surface area contributed by atoms with E-state index in [9.17, 15) is 9.59 Å². The van der Waals surface area contributed by atoms with E-state index in [4.69, 9.17) is 10.00 Å². The van der Waals surface area contributed by atoms with Gasteiger partial charge in [-0.2, -0.15) is 10.4 Å². The predicted octanol–water partition coefficient (Wildman–Crippen LogP) is 1.14. The van der Waals surface area contributed by atoms with Crippen molar-refractivity contribution in [2.45, 2.75) is 25.7 Å². The molecule has 1 N–H and O–H groups in total. The molecule has 0 bridgehead atoms. The van der Waals surface area contributed by atoms with E-state index < -0.39 is 19.5 Å². The summed E-state index contributed by atoms with van der Waals surface area (Å²) < 4.78 is 4.99. The zero-order valence-electron chi connectivity index (χ0n) is 10.6. The van der Waals surface area contributed by atoms with Gasteiger partial charge in [0.15, 0.2) is 0 Å². The first-order chi connectivity index (χ1) is 8.33. The summed E-state index contributed by atoms with van der Waals surface area (Å²) in [5, 5.41) is 14.4. The zero-order valence-corrected chi connectivity index (χ0v) is 11.6. The average molecular weight is 265 g/mol. The minimum absolute atomic E-state index is 0.0126. The highest BCUT2D eigenvalue weighted by atomic mass is 28.3. The molecule has 0 spiro atoms. The lowest BCUT2D eigenvalue weighted by molar-refractivity contribution is 0.0515. The van der Waals surface area contributed by atoms with Gasteiger partial charge in [-0.1, -0.05) is 19.6 Å². The van der Waals surface area contributed by atoms with Gasteiger partial charge in [-0.05, 0) is 6.04 Å². The van der Waals surface area contributed by atoms with Crippen LogP contribution in [-0.4, -0.2) is 30.8 Å². The molecule has 1 aromatic heterocycles. The molecule has 0 saturated carbocycles. The largest absolute Gasteiger partial charge is 0.461 e. The maximum absolute atomic E-state index is 11.6. The fourth-order valence-corrected chi connectivity index (χ4v) is 1.84. The number of hydrogen-bond donors (Lipinski definition) is 1. The summed E-state index contributed by atoms with van der Waals surface area (Å²) >= 11 is 0. The predicted molar refractivity (Wildman–Crippen MR) is 68.0 cm³/mol. The van der Waals surface area contributed by atoms with Crippen LogP contribution < -0.4 is 5.43 Å². The summed E-state index contributed by atoms with van der Waals surface area (Å²) in [7, 11) is -1.28. The normalized spacial score (nSPS) is 10.8. The van der Waals surface area contributed by atoms with Crippen molar-refractivity contribution in [2.75, 3.05) is 6.61 Å². The summed E-state index contributed by atoms with van der Waals surface area (Å²) in [5.41, 5.74) is -0.911. The van der Waals surface area contributed by atoms with Crippen molar-refractivity contribution in [3.05, 3.63) is 27.7 Å². The molecular weight excluding hydrogens is 250 g/mol. The van der Waals surface area contributed by atoms with Gasteiger partial charge in [0, 0.05) is 14.1 Å². The third-order valence-electron chi connectivity index (χ3n) is 2.20. The number of nitrogens with one attached hydrogen (secondary N) is 1. The maximum Gasteiger partial charge on any atom is 0.362 e. The van der Waals surface area contributed by atoms with Gasteiger partial charge < -0.3 is 4.74 Å². The van der Waals surface area contributed by atoms with E-state index in [1.165, 1.54) is 0 Å². The first-order valence-corrected chi connectivity index (χ1v) is 9.21. The third-order valence-corrected chi connectivity index (χ3v) is 3.90. The summed E-state index contributed by atoms with van der Waals surface area (Å²) in [4.78, 5) is 23.1. The first-order valence-electron chi connectivity index (χ1n) is 5.50. The molecule has 1 rings (SSSR count). The molecule has 6 nitrogen and oxygen atoms in total. The van der Waals surface area contributed by atoms with Gasteiger partial charge in [0.05, 0.1) is 6.61 Å². The number of aromatic nitrogens is 2. The second-order valence-electron chi connectivity index (χ2n) is 5.05. The van der Waals surface area contributed by atoms with Crippen molar-refractivity contribution in [3.63, 3.8) is 0 Å². The zero-order chi connectivity index (χ0) is 13.8. The Morgan fingerprint density at radius 2 is 2.22 bits per heavy atom. The Morgan fingerprint density at radius 1 is 1.56 bits per heavy atom. The number of ether oxygens (including phenoxy) is 1. The molecule has 1 aromatic rings. The first kappa shape index (κ1) is 14.1. The fourth-order valence-electron chi connectivity index (χ4n) is 1.12. The SMILES string of the molecule is C[Si](C)(C)CCOC(=O)c1n[nH]c(C#N)cc1=O. The molecule has 0 aliphatic heterocycles. The molecule has 0 saturated heterocycles. The molecule has 0 aliphatic carbocycles. The van der Waals surface area contributed by atoms with Gasteiger partial charge >= 0.3 is 5.97 Å². The molecule has 0 amide bonds. The molecule has 18 heavy (non-hydrogen) atoms. The van der Waals surface area contributed by atoms with Gasteiger partial charge in [-0.3, -0.25) is 9.89 Å². The van der Waals surface area contributed by atoms with Crippen LogP contribution in [0.2, 0.25) is 25.7 Å². The van der Waals surface area contributed by atoms with Crippen LogP contribution in [-0.2, 0) is 4.74 Å². The van der Waals surface area contributed by atoms with Gasteiger partial charge in [-0.25, -0.2) is 4.79 Å². The highest BCUT2D eigenvalue weighted by Crippen LogP contribution is 2.08. The Hall–Kier alpha value is -1.94. The number of rotatable bonds is 4. The number of carbonyl (C=O) groups excluding carboxylic acids is 1. The number of hydrogen-bond acceptors (Lipinski definition) is 5. The van der Waals surface area contributed by atoms with Crippen LogP contribution in [0.25, 0.3) is 0 Å². The average Bonchev–Trinajstić information content (AvgIpc) is 2.26. The number of nitriles is 1. The molecule has 0 aromatic carbocycles. The quantitative estimate of drug-likeness (QED) is 0.650. The standard InChI is InChI=1S/C11H15N3O3Si/c1-18(2,3)5-4-17-11(16)10-9(15)6-8(7-12)13-14-10/h6H,4-5H2,1-3H3,(H,13,15). The molecule has 1 heterocycles. The van der Waals surface area contributed by atoms with Crippen LogP contribution in [0.5, 0.6) is 0 Å². The van der Waals surface area contributed by atoms with Crippen LogP contribution in [0.15, 0.2) is 10.9 Å². The summed E-state index contributed by atoms with van der Waals surface area (Å²) in [5.74, 6) is -0.751. The Bertz CT molecular complexity index is 540. The lowest BCUT2D eigenvalue weighted by atomic mass is 10.3. The smallest absolute Gasteiger partial charge is 0.362 e. The van der Waals surface area contributed by atoms with Crippen molar-refractivity contribution in [3.8, 4) is 6.07 Å². The molecular formula is C11H15N3O3Si. The van der Waals surface area contributed by atoms with Crippen LogP contribution in [0.1, 0.15) is 16.2 Å². The van der Waals surface area contributed by atoms with Gasteiger partial charge in [-0.15, -0.1) is 0 Å². The molecule has 7 heteroatoms. The maximum atomic E-state index is 11.6. The molecule has 0 radical (unpaired) electrons. The summed E-state index contributed by atoms with van der Waals surface area (Å²) in [6.07, 6.45) is 0. The second kappa shape index (κ2) is 5.60. The van der Waals surface area contributed by atoms with E-state index in [1.54, 1.807) is 6.07 Å². The van der Waals surface area contributed by atoms with Crippen molar-refractivity contribution in [1.82, 2.24) is 10.2 Å². The monoisotopic (exact) mass is 265 g/mol. The number of H-pyrrole nitrogens is 1. The van der Waals surface area contributed by atoms with E-state index in [2.05, 4.69) is 29.8 Å². The Kier molecular flexibility index (Phi) is 4.39. The number of aromatic amines is 1. The van der Waals surface area contributed by atoms with Crippen molar-refractivity contribution < 1.29 is 9.53 Å². The van der Waals surface area contributed by atoms with Gasteiger partial charge in [0.25, 0.3) is 0 Å². The molecule has 0 unspecified atom stereocenters. The number of esters is 1. The molecule has 96 valence electrons. The Balaban J connectivity index is 2.69. The number of nitrogens with zero attached hydrogens (tertiary/aromatic N) is 2. The summed E-state index contributed by atoms with van der Waals surface area (Å²) in [6.45, 7) is 6.77. The molecule has 0 atom stereocenters. The van der Waals surface area contributed by atoms with E-state index in [-0.39, 0.29) is 18.0 Å². The van der Waals surface area contributed by atoms with E-state index in [0.717, 1.165) is 12.1 Å². The topological polar surface area (TPSA) is 95.8 Å². The van der Waals surface area contributed by atoms with Gasteiger partial charge in [0.2, 0.25) is 11.1 Å². The minimum atomic E-state index is -1.28. The van der Waals surface area contributed by atoms with E-state index >= 15 is 0 Å². The van der Waals surface area contributed by atoms with Crippen LogP contribution in [0.3, 0.4) is 0 Å². The Labute approximate surface area is 106 Å². The minimum Gasteiger partial charge on any atom is -0.461 e. The van der Waals surface area contributed by atoms with E-state index in [1.807, 2.05) is 0 Å². The Morgan fingerprint density at radius 3 is 2.72 bits per heavy atom. The second-order valence-corrected chi connectivity index (χ2v) is 10.7. The third kappa shape index (κ3) is 4.14. The lowest BCUT2D eigenvalue weighted by Crippen LogP contribution is -2.25. The fraction of sp³-hybridized carbons (Fsp3) is 0.455.